The maximum Gasteiger partial charge on any atom is 0.216 e. The van der Waals surface area contributed by atoms with Crippen molar-refractivity contribution < 1.29 is 9.18 Å². The van der Waals surface area contributed by atoms with E-state index in [1.165, 1.54) is 13.0 Å². The van der Waals surface area contributed by atoms with Crippen LogP contribution in [0.5, 0.6) is 0 Å². The summed E-state index contributed by atoms with van der Waals surface area (Å²) in [7, 11) is 0. The van der Waals surface area contributed by atoms with Crippen LogP contribution in [0, 0.1) is 11.7 Å². The van der Waals surface area contributed by atoms with Gasteiger partial charge in [-0.25, -0.2) is 4.39 Å². The Labute approximate surface area is 156 Å². The van der Waals surface area contributed by atoms with E-state index in [-0.39, 0.29) is 11.7 Å². The Kier molecular flexibility index (Phi) is 4.70. The molecule has 140 valence electrons. The first-order chi connectivity index (χ1) is 13.1. The Morgan fingerprint density at radius 2 is 2.11 bits per heavy atom. The minimum Gasteiger partial charge on any atom is -0.356 e. The third kappa shape index (κ3) is 3.60. The van der Waals surface area contributed by atoms with E-state index in [0.717, 1.165) is 31.7 Å². The summed E-state index contributed by atoms with van der Waals surface area (Å²) < 4.78 is 15.8. The summed E-state index contributed by atoms with van der Waals surface area (Å²) >= 11 is 0. The lowest BCUT2D eigenvalue weighted by Crippen LogP contribution is -2.41. The van der Waals surface area contributed by atoms with E-state index in [0.29, 0.717) is 29.5 Å². The molecule has 1 aromatic carbocycles. The van der Waals surface area contributed by atoms with E-state index < -0.39 is 0 Å². The van der Waals surface area contributed by atoms with Crippen LogP contribution >= 0.6 is 0 Å². The molecule has 7 nitrogen and oxygen atoms in total. The summed E-state index contributed by atoms with van der Waals surface area (Å²) in [6.45, 7) is 3.91. The first kappa shape index (κ1) is 17.4. The molecule has 3 heterocycles. The average molecular weight is 368 g/mol. The zero-order chi connectivity index (χ0) is 18.8. The Morgan fingerprint density at radius 3 is 2.93 bits per heavy atom. The standard InChI is InChI=1S/C19H21FN6O/c1-13(27)21-11-14-5-4-10-25(12-14)18-9-8-17-22-23-19(26(17)24-18)15-6-2-3-7-16(15)20/h2-3,6-9,14H,4-5,10-12H2,1H3,(H,21,27). The van der Waals surface area contributed by atoms with E-state index in [9.17, 15) is 9.18 Å². The fourth-order valence-electron chi connectivity index (χ4n) is 3.49. The molecule has 27 heavy (non-hydrogen) atoms. The number of piperidine rings is 1. The normalized spacial score (nSPS) is 17.3. The quantitative estimate of drug-likeness (QED) is 0.765. The van der Waals surface area contributed by atoms with Gasteiger partial charge in [-0.15, -0.1) is 15.3 Å². The molecular weight excluding hydrogens is 347 g/mol. The molecular formula is C19H21FN6O. The molecule has 0 spiro atoms. The van der Waals surface area contributed by atoms with Crippen molar-refractivity contribution in [1.82, 2.24) is 25.1 Å². The lowest BCUT2D eigenvalue weighted by Gasteiger charge is -2.33. The highest BCUT2D eigenvalue weighted by Crippen LogP contribution is 2.24. The van der Waals surface area contributed by atoms with Crippen LogP contribution in [-0.4, -0.2) is 45.4 Å². The number of carbonyl (C=O) groups is 1. The van der Waals surface area contributed by atoms with Crippen LogP contribution in [0.3, 0.4) is 0 Å². The maximum absolute atomic E-state index is 14.2. The highest BCUT2D eigenvalue weighted by atomic mass is 19.1. The van der Waals surface area contributed by atoms with Gasteiger partial charge in [0.15, 0.2) is 11.5 Å². The molecule has 1 amide bonds. The number of carbonyl (C=O) groups excluding carboxylic acids is 1. The lowest BCUT2D eigenvalue weighted by atomic mass is 9.98. The van der Waals surface area contributed by atoms with Gasteiger partial charge in [-0.2, -0.15) is 4.52 Å². The van der Waals surface area contributed by atoms with Gasteiger partial charge in [0, 0.05) is 26.6 Å². The first-order valence-electron chi connectivity index (χ1n) is 9.08. The van der Waals surface area contributed by atoms with Crippen LogP contribution in [0.15, 0.2) is 36.4 Å². The zero-order valence-electron chi connectivity index (χ0n) is 15.1. The molecule has 1 N–H and O–H groups in total. The van der Waals surface area contributed by atoms with Crippen molar-refractivity contribution in [2.45, 2.75) is 19.8 Å². The van der Waals surface area contributed by atoms with Crippen molar-refractivity contribution in [2.75, 3.05) is 24.5 Å². The predicted octanol–water partition coefficient (Wildman–Crippen LogP) is 2.28. The van der Waals surface area contributed by atoms with E-state index >= 15 is 0 Å². The molecule has 1 fully saturated rings. The Morgan fingerprint density at radius 1 is 1.26 bits per heavy atom. The fraction of sp³-hybridized carbons (Fsp3) is 0.368. The van der Waals surface area contributed by atoms with Gasteiger partial charge < -0.3 is 10.2 Å². The van der Waals surface area contributed by atoms with Gasteiger partial charge in [0.05, 0.1) is 5.56 Å². The molecule has 1 atom stereocenters. The molecule has 2 aromatic heterocycles. The fourth-order valence-corrected chi connectivity index (χ4v) is 3.49. The van der Waals surface area contributed by atoms with E-state index in [2.05, 4.69) is 25.5 Å². The van der Waals surface area contributed by atoms with Gasteiger partial charge >= 0.3 is 0 Å². The lowest BCUT2D eigenvalue weighted by molar-refractivity contribution is -0.119. The summed E-state index contributed by atoms with van der Waals surface area (Å²) in [5.41, 5.74) is 0.945. The molecule has 0 aliphatic carbocycles. The van der Waals surface area contributed by atoms with Crippen LogP contribution in [0.2, 0.25) is 0 Å². The second-order valence-corrected chi connectivity index (χ2v) is 6.86. The van der Waals surface area contributed by atoms with Gasteiger partial charge in [0.25, 0.3) is 0 Å². The molecule has 0 radical (unpaired) electrons. The van der Waals surface area contributed by atoms with E-state index in [1.54, 1.807) is 22.7 Å². The van der Waals surface area contributed by atoms with Crippen molar-refractivity contribution in [3.05, 3.63) is 42.2 Å². The highest BCUT2D eigenvalue weighted by molar-refractivity contribution is 5.72. The molecule has 0 bridgehead atoms. The number of hydrogen-bond acceptors (Lipinski definition) is 5. The Balaban J connectivity index is 1.62. The predicted molar refractivity (Wildman–Crippen MR) is 99.8 cm³/mol. The SMILES string of the molecule is CC(=O)NCC1CCCN(c2ccc3nnc(-c4ccccc4F)n3n2)C1. The Bertz CT molecular complexity index is 972. The largest absolute Gasteiger partial charge is 0.356 e. The summed E-state index contributed by atoms with van der Waals surface area (Å²) in [5, 5.41) is 15.8. The number of nitrogens with zero attached hydrogens (tertiary/aromatic N) is 5. The monoisotopic (exact) mass is 368 g/mol. The second kappa shape index (κ2) is 7.30. The summed E-state index contributed by atoms with van der Waals surface area (Å²) in [5.74, 6) is 1.20. The number of benzene rings is 1. The minimum atomic E-state index is -0.354. The number of rotatable bonds is 4. The van der Waals surface area contributed by atoms with Crippen LogP contribution in [0.4, 0.5) is 10.2 Å². The van der Waals surface area contributed by atoms with Gasteiger partial charge in [0.2, 0.25) is 5.91 Å². The topological polar surface area (TPSA) is 75.4 Å². The van der Waals surface area contributed by atoms with E-state index in [4.69, 9.17) is 0 Å². The minimum absolute atomic E-state index is 0.00862. The van der Waals surface area contributed by atoms with Crippen LogP contribution in [0.25, 0.3) is 17.0 Å². The molecule has 3 aromatic rings. The average Bonchev–Trinajstić information content (AvgIpc) is 3.10. The number of fused-ring (bicyclic) bond motifs is 1. The van der Waals surface area contributed by atoms with Crippen LogP contribution < -0.4 is 10.2 Å². The van der Waals surface area contributed by atoms with Gasteiger partial charge in [-0.3, -0.25) is 4.79 Å². The molecule has 0 saturated carbocycles. The summed E-state index contributed by atoms with van der Waals surface area (Å²) in [6, 6.07) is 10.2. The number of nitrogens with one attached hydrogen (secondary N) is 1. The van der Waals surface area contributed by atoms with Gasteiger partial charge in [-0.1, -0.05) is 12.1 Å². The van der Waals surface area contributed by atoms with E-state index in [1.807, 2.05) is 12.1 Å². The van der Waals surface area contributed by atoms with Crippen LogP contribution in [-0.2, 0) is 4.79 Å². The molecule has 8 heteroatoms. The van der Waals surface area contributed by atoms with Crippen LogP contribution in [0.1, 0.15) is 19.8 Å². The number of amides is 1. The van der Waals surface area contributed by atoms with Crippen molar-refractivity contribution in [3.63, 3.8) is 0 Å². The van der Waals surface area contributed by atoms with Gasteiger partial charge in [0.1, 0.15) is 11.6 Å². The molecule has 1 aliphatic rings. The van der Waals surface area contributed by atoms with Crippen molar-refractivity contribution >= 4 is 17.4 Å². The first-order valence-corrected chi connectivity index (χ1v) is 9.08. The molecule has 4 rings (SSSR count). The second-order valence-electron chi connectivity index (χ2n) is 6.86. The molecule has 1 aliphatic heterocycles. The number of anilines is 1. The number of aromatic nitrogens is 4. The smallest absolute Gasteiger partial charge is 0.216 e. The third-order valence-corrected chi connectivity index (χ3v) is 4.85. The van der Waals surface area contributed by atoms with Crippen molar-refractivity contribution in [2.24, 2.45) is 5.92 Å². The highest BCUT2D eigenvalue weighted by Gasteiger charge is 2.22. The number of halogens is 1. The summed E-state index contributed by atoms with van der Waals surface area (Å²) in [6.07, 6.45) is 2.11. The maximum atomic E-state index is 14.2. The number of hydrogen-bond donors (Lipinski definition) is 1. The van der Waals surface area contributed by atoms with Crippen molar-refractivity contribution in [3.8, 4) is 11.4 Å². The summed E-state index contributed by atoms with van der Waals surface area (Å²) in [4.78, 5) is 13.4. The third-order valence-electron chi connectivity index (χ3n) is 4.85. The van der Waals surface area contributed by atoms with Gasteiger partial charge in [-0.05, 0) is 43.0 Å². The zero-order valence-corrected chi connectivity index (χ0v) is 15.1. The Hall–Kier alpha value is -3.03. The van der Waals surface area contributed by atoms with Crippen molar-refractivity contribution in [1.29, 1.82) is 0 Å². The molecule has 1 saturated heterocycles. The molecule has 1 unspecified atom stereocenters.